The molecule has 0 aliphatic carbocycles. The van der Waals surface area contributed by atoms with E-state index in [0.29, 0.717) is 12.5 Å². The molecule has 1 aromatic carbocycles. The highest BCUT2D eigenvalue weighted by molar-refractivity contribution is 5.82. The minimum Gasteiger partial charge on any atom is -0.352 e. The zero-order chi connectivity index (χ0) is 8.39. The average Bonchev–Trinajstić information content (AvgIpc) is 2.04. The lowest BCUT2D eigenvalue weighted by atomic mass is 9.98. The molecule has 1 N–H and O–H groups in total. The molecule has 1 amide bonds. The molecule has 62 valence electrons. The van der Waals surface area contributed by atoms with Crippen LogP contribution in [0.5, 0.6) is 0 Å². The number of rotatable bonds is 2. The number of amides is 1. The van der Waals surface area contributed by atoms with Crippen molar-refractivity contribution in [3.05, 3.63) is 35.9 Å². The smallest absolute Gasteiger partial charge is 0.222 e. The van der Waals surface area contributed by atoms with Crippen LogP contribution >= 0.6 is 0 Å². The van der Waals surface area contributed by atoms with Crippen LogP contribution in [0.1, 0.15) is 12.0 Å². The van der Waals surface area contributed by atoms with E-state index in [0.717, 1.165) is 6.42 Å². The van der Waals surface area contributed by atoms with Crippen LogP contribution in [0.3, 0.4) is 0 Å². The van der Waals surface area contributed by atoms with Gasteiger partial charge < -0.3 is 5.32 Å². The molecule has 1 fully saturated rings. The molecule has 0 bridgehead atoms. The van der Waals surface area contributed by atoms with Crippen LogP contribution in [-0.2, 0) is 11.2 Å². The number of β-lactam (4-membered cyclic amide) rings is 1. The third-order valence-corrected chi connectivity index (χ3v) is 2.12. The van der Waals surface area contributed by atoms with Gasteiger partial charge in [0, 0.05) is 12.5 Å². The predicted molar refractivity (Wildman–Crippen MR) is 46.7 cm³/mol. The van der Waals surface area contributed by atoms with Gasteiger partial charge in [0.1, 0.15) is 0 Å². The second-order valence-corrected chi connectivity index (χ2v) is 3.16. The lowest BCUT2D eigenvalue weighted by Gasteiger charge is -2.26. The molecule has 0 spiro atoms. The van der Waals surface area contributed by atoms with Gasteiger partial charge in [0.25, 0.3) is 0 Å². The van der Waals surface area contributed by atoms with Crippen LogP contribution in [0.25, 0.3) is 0 Å². The fourth-order valence-corrected chi connectivity index (χ4v) is 1.45. The zero-order valence-electron chi connectivity index (χ0n) is 6.79. The van der Waals surface area contributed by atoms with E-state index in [9.17, 15) is 4.79 Å². The summed E-state index contributed by atoms with van der Waals surface area (Å²) in [4.78, 5) is 10.6. The van der Waals surface area contributed by atoms with Gasteiger partial charge in [-0.25, -0.2) is 0 Å². The first-order chi connectivity index (χ1) is 5.84. The Morgan fingerprint density at radius 2 is 2.00 bits per heavy atom. The molecule has 1 aliphatic heterocycles. The van der Waals surface area contributed by atoms with E-state index >= 15 is 0 Å². The van der Waals surface area contributed by atoms with Crippen molar-refractivity contribution in [1.29, 1.82) is 0 Å². The number of hydrogen-bond donors (Lipinski definition) is 1. The molecule has 0 saturated carbocycles. The van der Waals surface area contributed by atoms with Gasteiger partial charge in [-0.1, -0.05) is 30.3 Å². The van der Waals surface area contributed by atoms with E-state index < -0.39 is 0 Å². The lowest BCUT2D eigenvalue weighted by molar-refractivity contribution is -0.128. The van der Waals surface area contributed by atoms with Crippen molar-refractivity contribution in [3.63, 3.8) is 0 Å². The summed E-state index contributed by atoms with van der Waals surface area (Å²) in [5, 5.41) is 2.85. The molecular weight excluding hydrogens is 150 g/mol. The van der Waals surface area contributed by atoms with E-state index in [1.54, 1.807) is 0 Å². The molecule has 1 aliphatic rings. The Morgan fingerprint density at radius 3 is 2.58 bits per heavy atom. The summed E-state index contributed by atoms with van der Waals surface area (Å²) < 4.78 is 0. The van der Waals surface area contributed by atoms with Gasteiger partial charge in [0.15, 0.2) is 0 Å². The predicted octanol–water partition coefficient (Wildman–Crippen LogP) is 1.12. The first kappa shape index (κ1) is 7.35. The van der Waals surface area contributed by atoms with Crippen LogP contribution in [0, 0.1) is 0 Å². The van der Waals surface area contributed by atoms with Crippen LogP contribution in [0.2, 0.25) is 0 Å². The van der Waals surface area contributed by atoms with Gasteiger partial charge in [0.05, 0.1) is 0 Å². The summed E-state index contributed by atoms with van der Waals surface area (Å²) >= 11 is 0. The summed E-state index contributed by atoms with van der Waals surface area (Å²) in [5.41, 5.74) is 1.29. The molecular formula is C10H11NO. The highest BCUT2D eigenvalue weighted by Crippen LogP contribution is 2.11. The SMILES string of the molecule is O=C1C[C@@H](Cc2ccccc2)N1. The van der Waals surface area contributed by atoms with E-state index in [4.69, 9.17) is 0 Å². The summed E-state index contributed by atoms with van der Waals surface area (Å²) in [6.07, 6.45) is 1.65. The second kappa shape index (κ2) is 2.97. The molecule has 2 heteroatoms. The van der Waals surface area contributed by atoms with E-state index in [1.807, 2.05) is 18.2 Å². The van der Waals surface area contributed by atoms with Crippen molar-refractivity contribution in [1.82, 2.24) is 5.32 Å². The number of carbonyl (C=O) groups excluding carboxylic acids is 1. The first-order valence-electron chi connectivity index (χ1n) is 4.18. The van der Waals surface area contributed by atoms with Crippen molar-refractivity contribution in [2.45, 2.75) is 18.9 Å². The Bertz CT molecular complexity index is 273. The molecule has 2 nitrogen and oxygen atoms in total. The van der Waals surface area contributed by atoms with Crippen LogP contribution in [0.4, 0.5) is 0 Å². The maximum atomic E-state index is 10.6. The summed E-state index contributed by atoms with van der Waals surface area (Å²) in [6, 6.07) is 10.6. The van der Waals surface area contributed by atoms with Gasteiger partial charge in [-0.2, -0.15) is 0 Å². The van der Waals surface area contributed by atoms with Crippen molar-refractivity contribution in [2.24, 2.45) is 0 Å². The maximum absolute atomic E-state index is 10.6. The third kappa shape index (κ3) is 1.47. The first-order valence-corrected chi connectivity index (χ1v) is 4.18. The highest BCUT2D eigenvalue weighted by atomic mass is 16.2. The fraction of sp³-hybridized carbons (Fsp3) is 0.300. The Morgan fingerprint density at radius 1 is 1.33 bits per heavy atom. The normalized spacial score (nSPS) is 21.3. The van der Waals surface area contributed by atoms with Crippen molar-refractivity contribution in [3.8, 4) is 0 Å². The van der Waals surface area contributed by atoms with E-state index in [2.05, 4.69) is 17.4 Å². The Labute approximate surface area is 71.6 Å². The molecule has 0 radical (unpaired) electrons. The van der Waals surface area contributed by atoms with Gasteiger partial charge in [-0.15, -0.1) is 0 Å². The minimum absolute atomic E-state index is 0.177. The Kier molecular flexibility index (Phi) is 1.82. The summed E-state index contributed by atoms with van der Waals surface area (Å²) in [5.74, 6) is 0.177. The molecule has 2 rings (SSSR count). The third-order valence-electron chi connectivity index (χ3n) is 2.12. The van der Waals surface area contributed by atoms with Crippen molar-refractivity contribution < 1.29 is 4.79 Å². The lowest BCUT2D eigenvalue weighted by Crippen LogP contribution is -2.49. The molecule has 1 atom stereocenters. The molecule has 0 unspecified atom stereocenters. The van der Waals surface area contributed by atoms with Crippen LogP contribution in [-0.4, -0.2) is 11.9 Å². The van der Waals surface area contributed by atoms with Crippen LogP contribution < -0.4 is 5.32 Å². The summed E-state index contributed by atoms with van der Waals surface area (Å²) in [6.45, 7) is 0. The van der Waals surface area contributed by atoms with E-state index in [-0.39, 0.29) is 5.91 Å². The topological polar surface area (TPSA) is 29.1 Å². The number of benzene rings is 1. The Balaban J connectivity index is 1.92. The highest BCUT2D eigenvalue weighted by Gasteiger charge is 2.24. The van der Waals surface area contributed by atoms with Crippen LogP contribution in [0.15, 0.2) is 30.3 Å². The zero-order valence-corrected chi connectivity index (χ0v) is 6.79. The van der Waals surface area contributed by atoms with Crippen molar-refractivity contribution >= 4 is 5.91 Å². The second-order valence-electron chi connectivity index (χ2n) is 3.16. The van der Waals surface area contributed by atoms with Gasteiger partial charge in [-0.3, -0.25) is 4.79 Å². The van der Waals surface area contributed by atoms with E-state index in [1.165, 1.54) is 5.56 Å². The standard InChI is InChI=1S/C10H11NO/c12-10-7-9(11-10)6-8-4-2-1-3-5-8/h1-5,9H,6-7H2,(H,11,12)/t9-/m1/s1. The average molecular weight is 161 g/mol. The Hall–Kier alpha value is -1.31. The molecule has 1 saturated heterocycles. The largest absolute Gasteiger partial charge is 0.352 e. The molecule has 0 aromatic heterocycles. The van der Waals surface area contributed by atoms with Gasteiger partial charge in [-0.05, 0) is 12.0 Å². The summed E-state index contributed by atoms with van der Waals surface area (Å²) in [7, 11) is 0. The number of carbonyl (C=O) groups is 1. The van der Waals surface area contributed by atoms with Crippen molar-refractivity contribution in [2.75, 3.05) is 0 Å². The minimum atomic E-state index is 0.177. The van der Waals surface area contributed by atoms with Gasteiger partial charge in [0.2, 0.25) is 5.91 Å². The molecule has 1 aromatic rings. The molecule has 1 heterocycles. The van der Waals surface area contributed by atoms with Gasteiger partial charge >= 0.3 is 0 Å². The fourth-order valence-electron chi connectivity index (χ4n) is 1.45. The maximum Gasteiger partial charge on any atom is 0.222 e. The monoisotopic (exact) mass is 161 g/mol. The quantitative estimate of drug-likeness (QED) is 0.647. The molecule has 12 heavy (non-hydrogen) atoms. The number of hydrogen-bond acceptors (Lipinski definition) is 1. The number of nitrogens with one attached hydrogen (secondary N) is 1.